The molecular formula is C30H52O25. The van der Waals surface area contributed by atoms with Crippen LogP contribution in [0.1, 0.15) is 6.92 Å². The lowest BCUT2D eigenvalue weighted by atomic mass is 9.95. The Morgan fingerprint density at radius 3 is 1.05 bits per heavy atom. The standard InChI is InChI=1S/C30H52O25/c1-6-22(52-29-20(44)15(39)25(10(5-34)50-29)55-28-18(42)12(36)11(35)7(2-31)49-28)14(38)19(43)27(47-6)53-24-9(4-33)51-30(21(45)16(24)40)54-23-8(3-32)48-26(46)17(41)13(23)37/h6-46H,2-5H2,1H3/t6-,7-,8-,9-,10-,11-,12+,13-,14-,15-,16-,17-,18-,19-,20-,21-,22-,23-,24-,25-,26?,27-,28-,29-,30-/m1/s1. The van der Waals surface area contributed by atoms with E-state index in [9.17, 15) is 81.7 Å². The quantitative estimate of drug-likeness (QED) is 0.0870. The van der Waals surface area contributed by atoms with Gasteiger partial charge in [0.25, 0.3) is 0 Å². The molecule has 55 heavy (non-hydrogen) atoms. The fraction of sp³-hybridized carbons (Fsp3) is 1.00. The summed E-state index contributed by atoms with van der Waals surface area (Å²) in [7, 11) is 0. The maximum absolute atomic E-state index is 11.1. The van der Waals surface area contributed by atoms with Crippen LogP contribution in [0.4, 0.5) is 0 Å². The molecule has 0 saturated carbocycles. The first-order valence-corrected chi connectivity index (χ1v) is 17.5. The van der Waals surface area contributed by atoms with Crippen LogP contribution in [0.2, 0.25) is 0 Å². The van der Waals surface area contributed by atoms with E-state index in [0.29, 0.717) is 0 Å². The summed E-state index contributed by atoms with van der Waals surface area (Å²) in [5, 5.41) is 165. The van der Waals surface area contributed by atoms with Crippen molar-refractivity contribution in [2.45, 2.75) is 160 Å². The highest BCUT2D eigenvalue weighted by Crippen LogP contribution is 2.35. The minimum atomic E-state index is -2.01. The van der Waals surface area contributed by atoms with Crippen LogP contribution in [0, 0.1) is 0 Å². The van der Waals surface area contributed by atoms with Crippen LogP contribution in [-0.4, -0.2) is 262 Å². The summed E-state index contributed by atoms with van der Waals surface area (Å²) < 4.78 is 49.4. The van der Waals surface area contributed by atoms with E-state index in [1.807, 2.05) is 0 Å². The van der Waals surface area contributed by atoms with Gasteiger partial charge >= 0.3 is 0 Å². The van der Waals surface area contributed by atoms with Crippen LogP contribution >= 0.6 is 0 Å². The third-order valence-electron chi connectivity index (χ3n) is 10.3. The minimum Gasteiger partial charge on any atom is -0.394 e. The van der Waals surface area contributed by atoms with E-state index >= 15 is 0 Å². The van der Waals surface area contributed by atoms with Gasteiger partial charge in [0.15, 0.2) is 31.5 Å². The Bertz CT molecular complexity index is 1180. The fourth-order valence-electron chi connectivity index (χ4n) is 7.01. The average Bonchev–Trinajstić information content (AvgIpc) is 3.17. The summed E-state index contributed by atoms with van der Waals surface area (Å²) in [5.74, 6) is 0. The molecule has 0 spiro atoms. The van der Waals surface area contributed by atoms with Gasteiger partial charge in [0.1, 0.15) is 116 Å². The third kappa shape index (κ3) is 9.11. The second-order valence-electron chi connectivity index (χ2n) is 13.9. The van der Waals surface area contributed by atoms with Crippen molar-refractivity contribution in [3.05, 3.63) is 0 Å². The lowest BCUT2D eigenvalue weighted by Gasteiger charge is -2.49. The molecule has 0 radical (unpaired) electrons. The fourth-order valence-corrected chi connectivity index (χ4v) is 7.01. The molecule has 5 heterocycles. The zero-order valence-corrected chi connectivity index (χ0v) is 29.1. The zero-order valence-electron chi connectivity index (χ0n) is 29.1. The number of hydrogen-bond donors (Lipinski definition) is 16. The molecule has 0 aliphatic carbocycles. The molecule has 5 rings (SSSR count). The largest absolute Gasteiger partial charge is 0.394 e. The van der Waals surface area contributed by atoms with Gasteiger partial charge in [-0.3, -0.25) is 0 Å². The Morgan fingerprint density at radius 2 is 0.636 bits per heavy atom. The van der Waals surface area contributed by atoms with Crippen molar-refractivity contribution in [3.63, 3.8) is 0 Å². The summed E-state index contributed by atoms with van der Waals surface area (Å²) in [6, 6.07) is 0. The summed E-state index contributed by atoms with van der Waals surface area (Å²) in [6.45, 7) is -2.07. The molecular weight excluding hydrogens is 760 g/mol. The Morgan fingerprint density at radius 1 is 0.327 bits per heavy atom. The van der Waals surface area contributed by atoms with Crippen LogP contribution in [0.5, 0.6) is 0 Å². The Kier molecular flexibility index (Phi) is 15.5. The highest BCUT2D eigenvalue weighted by molar-refractivity contribution is 4.98. The molecule has 0 aromatic heterocycles. The van der Waals surface area contributed by atoms with Gasteiger partial charge in [-0.2, -0.15) is 0 Å². The van der Waals surface area contributed by atoms with E-state index in [2.05, 4.69) is 0 Å². The van der Waals surface area contributed by atoms with Crippen LogP contribution in [0.3, 0.4) is 0 Å². The van der Waals surface area contributed by atoms with Crippen molar-refractivity contribution in [2.75, 3.05) is 26.4 Å². The van der Waals surface area contributed by atoms with Gasteiger partial charge in [-0.15, -0.1) is 0 Å². The maximum atomic E-state index is 11.1. The molecule has 322 valence electrons. The molecule has 0 aromatic rings. The molecule has 0 bridgehead atoms. The van der Waals surface area contributed by atoms with Crippen molar-refractivity contribution in [1.82, 2.24) is 0 Å². The SMILES string of the molecule is C[C@H]1O[C@H](O[C@H]2[C@H](O)[C@@H](O)[C@@H](O[C@H]3[C@H](O)[C@@H](O)C(O)O[C@@H]3CO)O[C@@H]2CO)[C@H](O)[C@@H](O)[C@@H]1O[C@H]1O[C@H](CO)[C@@H](O[C@H]2O[C@H](CO)[C@@H](O)[C@H](O)[C@H]2O)[C@H](O)[C@H]1O. The van der Waals surface area contributed by atoms with E-state index in [0.717, 1.165) is 0 Å². The molecule has 5 aliphatic heterocycles. The Hall–Kier alpha value is -1.00. The summed E-state index contributed by atoms with van der Waals surface area (Å²) in [4.78, 5) is 0. The number of aliphatic hydroxyl groups excluding tert-OH is 16. The van der Waals surface area contributed by atoms with E-state index in [-0.39, 0.29) is 0 Å². The zero-order chi connectivity index (χ0) is 40.6. The second kappa shape index (κ2) is 18.9. The van der Waals surface area contributed by atoms with Gasteiger partial charge in [-0.25, -0.2) is 0 Å². The highest BCUT2D eigenvalue weighted by atomic mass is 16.8. The van der Waals surface area contributed by atoms with Crippen LogP contribution in [0.25, 0.3) is 0 Å². The molecule has 25 heteroatoms. The molecule has 1 unspecified atom stereocenters. The lowest BCUT2D eigenvalue weighted by Crippen LogP contribution is -2.67. The van der Waals surface area contributed by atoms with Gasteiger partial charge < -0.3 is 124 Å². The molecule has 16 N–H and O–H groups in total. The van der Waals surface area contributed by atoms with E-state index in [1.54, 1.807) is 0 Å². The molecule has 5 saturated heterocycles. The van der Waals surface area contributed by atoms with Gasteiger partial charge in [0.2, 0.25) is 0 Å². The molecule has 0 amide bonds. The topological polar surface area (TPSA) is 407 Å². The minimum absolute atomic E-state index is 0.791. The van der Waals surface area contributed by atoms with Crippen molar-refractivity contribution in [2.24, 2.45) is 0 Å². The Labute approximate surface area is 311 Å². The number of aliphatic hydroxyl groups is 16. The molecule has 5 fully saturated rings. The highest BCUT2D eigenvalue weighted by Gasteiger charge is 2.56. The molecule has 25 nitrogen and oxygen atoms in total. The number of ether oxygens (including phenoxy) is 9. The van der Waals surface area contributed by atoms with Crippen LogP contribution in [-0.2, 0) is 42.6 Å². The monoisotopic (exact) mass is 812 g/mol. The van der Waals surface area contributed by atoms with Crippen molar-refractivity contribution >= 4 is 0 Å². The normalized spacial score (nSPS) is 53.9. The third-order valence-corrected chi connectivity index (χ3v) is 10.3. The van der Waals surface area contributed by atoms with Crippen LogP contribution in [0.15, 0.2) is 0 Å². The molecule has 0 aromatic carbocycles. The average molecular weight is 813 g/mol. The second-order valence-corrected chi connectivity index (χ2v) is 13.9. The van der Waals surface area contributed by atoms with E-state index in [1.165, 1.54) is 6.92 Å². The number of hydrogen-bond acceptors (Lipinski definition) is 25. The first kappa shape index (κ1) is 45.1. The molecule has 25 atom stereocenters. The maximum Gasteiger partial charge on any atom is 0.187 e. The predicted octanol–water partition coefficient (Wildman–Crippen LogP) is -10.9. The van der Waals surface area contributed by atoms with Crippen molar-refractivity contribution in [3.8, 4) is 0 Å². The van der Waals surface area contributed by atoms with Crippen molar-refractivity contribution < 1.29 is 124 Å². The van der Waals surface area contributed by atoms with Gasteiger partial charge in [-0.05, 0) is 6.92 Å². The predicted molar refractivity (Wildman–Crippen MR) is 165 cm³/mol. The van der Waals surface area contributed by atoms with E-state index in [4.69, 9.17) is 42.6 Å². The first-order valence-electron chi connectivity index (χ1n) is 17.5. The summed E-state index contributed by atoms with van der Waals surface area (Å²) in [5.41, 5.74) is 0. The van der Waals surface area contributed by atoms with Crippen molar-refractivity contribution in [1.29, 1.82) is 0 Å². The van der Waals surface area contributed by atoms with Gasteiger partial charge in [0.05, 0.1) is 32.5 Å². The van der Waals surface area contributed by atoms with E-state index < -0.39 is 180 Å². The smallest absolute Gasteiger partial charge is 0.187 e. The summed E-state index contributed by atoms with van der Waals surface area (Å²) in [6.07, 6.45) is -43.8. The van der Waals surface area contributed by atoms with Gasteiger partial charge in [0, 0.05) is 0 Å². The molecule has 5 aliphatic rings. The van der Waals surface area contributed by atoms with Crippen LogP contribution < -0.4 is 0 Å². The van der Waals surface area contributed by atoms with Gasteiger partial charge in [-0.1, -0.05) is 0 Å². The number of rotatable bonds is 12. The first-order chi connectivity index (χ1) is 26.0. The summed E-state index contributed by atoms with van der Waals surface area (Å²) >= 11 is 0. The Balaban J connectivity index is 1.20. The lowest BCUT2D eigenvalue weighted by molar-refractivity contribution is -0.390.